The summed E-state index contributed by atoms with van der Waals surface area (Å²) >= 11 is 0. The van der Waals surface area contributed by atoms with Crippen LogP contribution < -0.4 is 5.32 Å². The van der Waals surface area contributed by atoms with Crippen LogP contribution in [0.2, 0.25) is 0 Å². The minimum atomic E-state index is -3.75. The van der Waals surface area contributed by atoms with Gasteiger partial charge in [0.25, 0.3) is 0 Å². The maximum absolute atomic E-state index is 13.2. The molecule has 9 nitrogen and oxygen atoms in total. The minimum Gasteiger partial charge on any atom is -0.323 e. The van der Waals surface area contributed by atoms with Crippen LogP contribution in [0.3, 0.4) is 0 Å². The molecule has 1 heterocycles. The van der Waals surface area contributed by atoms with Gasteiger partial charge in [-0.15, -0.1) is 10.2 Å². The van der Waals surface area contributed by atoms with Gasteiger partial charge in [0.2, 0.25) is 21.8 Å². The Morgan fingerprint density at radius 1 is 1.32 bits per heavy atom. The van der Waals surface area contributed by atoms with Gasteiger partial charge in [0, 0.05) is 13.1 Å². The van der Waals surface area contributed by atoms with E-state index in [4.69, 9.17) is 5.26 Å². The molecule has 10 heteroatoms. The van der Waals surface area contributed by atoms with Gasteiger partial charge in [-0.25, -0.2) is 8.42 Å². The molecule has 0 unspecified atom stereocenters. The third kappa shape index (κ3) is 4.21. The van der Waals surface area contributed by atoms with Crippen LogP contribution in [-0.4, -0.2) is 46.5 Å². The fraction of sp³-hybridized carbons (Fsp3) is 0.444. The summed E-state index contributed by atoms with van der Waals surface area (Å²) in [6.07, 6.45) is 6.12. The summed E-state index contributed by atoms with van der Waals surface area (Å²) in [6.45, 7) is -0.192. The largest absolute Gasteiger partial charge is 0.323 e. The predicted molar refractivity (Wildman–Crippen MR) is 102 cm³/mol. The summed E-state index contributed by atoms with van der Waals surface area (Å²) in [5.74, 6) is -0.465. The van der Waals surface area contributed by atoms with Gasteiger partial charge < -0.3 is 5.32 Å². The van der Waals surface area contributed by atoms with Gasteiger partial charge in [-0.05, 0) is 25.0 Å². The lowest BCUT2D eigenvalue weighted by Gasteiger charge is -2.30. The van der Waals surface area contributed by atoms with Gasteiger partial charge in [0.05, 0.1) is 5.69 Å². The first-order chi connectivity index (χ1) is 13.4. The Morgan fingerprint density at radius 2 is 2.04 bits per heavy atom. The normalized spacial score (nSPS) is 15.3. The average molecular weight is 402 g/mol. The van der Waals surface area contributed by atoms with Gasteiger partial charge in [-0.1, -0.05) is 31.4 Å². The van der Waals surface area contributed by atoms with Crippen LogP contribution in [0.15, 0.2) is 35.5 Å². The number of carbonyl (C=O) groups excluding carboxylic acids is 1. The standard InChI is InChI=1S/C18H22N6O3S/c1-23(14-7-3-2-4-8-14)28(26,27)16-10-6-5-9-15(16)21-18(25)12-24-13-20-22-17(24)11-19/h5-6,9-10,13-14H,2-4,7-8,12H2,1H3,(H,21,25). The molecule has 0 radical (unpaired) electrons. The maximum Gasteiger partial charge on any atom is 0.245 e. The molecule has 1 aliphatic carbocycles. The summed E-state index contributed by atoms with van der Waals surface area (Å²) in [7, 11) is -2.16. The molecule has 1 aliphatic rings. The molecule has 1 amide bonds. The van der Waals surface area contributed by atoms with Gasteiger partial charge in [0.15, 0.2) is 0 Å². The summed E-state index contributed by atoms with van der Waals surface area (Å²) in [5.41, 5.74) is 0.210. The Bertz CT molecular complexity index is 989. The Morgan fingerprint density at radius 3 is 2.75 bits per heavy atom. The quantitative estimate of drug-likeness (QED) is 0.786. The molecule has 2 aromatic rings. The number of rotatable bonds is 6. The molecule has 0 atom stereocenters. The summed E-state index contributed by atoms with van der Waals surface area (Å²) in [6, 6.07) is 8.14. The lowest BCUT2D eigenvalue weighted by molar-refractivity contribution is -0.116. The van der Waals surface area contributed by atoms with Crippen LogP contribution in [-0.2, 0) is 21.4 Å². The molecular weight excluding hydrogens is 380 g/mol. The zero-order valence-corrected chi connectivity index (χ0v) is 16.4. The van der Waals surface area contributed by atoms with E-state index in [0.29, 0.717) is 0 Å². The van der Waals surface area contributed by atoms with E-state index in [-0.39, 0.29) is 29.0 Å². The third-order valence-electron chi connectivity index (χ3n) is 4.94. The van der Waals surface area contributed by atoms with Crippen LogP contribution in [0, 0.1) is 11.3 Å². The number of nitrogens with zero attached hydrogens (tertiary/aromatic N) is 5. The van der Waals surface area contributed by atoms with E-state index in [0.717, 1.165) is 32.1 Å². The molecule has 28 heavy (non-hydrogen) atoms. The molecule has 1 saturated carbocycles. The number of aromatic nitrogens is 3. The summed E-state index contributed by atoms with van der Waals surface area (Å²) < 4.78 is 29.0. The van der Waals surface area contributed by atoms with Crippen LogP contribution in [0.1, 0.15) is 37.9 Å². The second-order valence-electron chi connectivity index (χ2n) is 6.75. The van der Waals surface area contributed by atoms with Crippen molar-refractivity contribution in [2.45, 2.75) is 49.6 Å². The van der Waals surface area contributed by atoms with Crippen molar-refractivity contribution < 1.29 is 13.2 Å². The summed E-state index contributed by atoms with van der Waals surface area (Å²) in [5, 5.41) is 18.8. The number of sulfonamides is 1. The van der Waals surface area contributed by atoms with Crippen molar-refractivity contribution in [1.82, 2.24) is 19.1 Å². The van der Waals surface area contributed by atoms with Crippen molar-refractivity contribution in [3.05, 3.63) is 36.4 Å². The van der Waals surface area contributed by atoms with Crippen molar-refractivity contribution in [2.75, 3.05) is 12.4 Å². The number of benzene rings is 1. The van der Waals surface area contributed by atoms with Gasteiger partial charge in [-0.2, -0.15) is 9.57 Å². The number of anilines is 1. The molecule has 1 fully saturated rings. The van der Waals surface area contributed by atoms with Crippen molar-refractivity contribution in [2.24, 2.45) is 0 Å². The van der Waals surface area contributed by atoms with E-state index < -0.39 is 15.9 Å². The number of amides is 1. The second-order valence-corrected chi connectivity index (χ2v) is 8.72. The Labute approximate surface area is 164 Å². The topological polar surface area (TPSA) is 121 Å². The van der Waals surface area contributed by atoms with Crippen LogP contribution in [0.5, 0.6) is 0 Å². The van der Waals surface area contributed by atoms with Crippen molar-refractivity contribution in [1.29, 1.82) is 5.26 Å². The lowest BCUT2D eigenvalue weighted by Crippen LogP contribution is -2.38. The lowest BCUT2D eigenvalue weighted by atomic mass is 9.96. The van der Waals surface area contributed by atoms with Gasteiger partial charge in [-0.3, -0.25) is 9.36 Å². The van der Waals surface area contributed by atoms with Gasteiger partial charge in [0.1, 0.15) is 23.8 Å². The van der Waals surface area contributed by atoms with Crippen molar-refractivity contribution in [3.8, 4) is 6.07 Å². The average Bonchev–Trinajstić information content (AvgIpc) is 3.15. The highest BCUT2D eigenvalue weighted by atomic mass is 32.2. The third-order valence-corrected chi connectivity index (χ3v) is 6.90. The second kappa shape index (κ2) is 8.50. The van der Waals surface area contributed by atoms with Crippen molar-refractivity contribution in [3.63, 3.8) is 0 Å². The highest BCUT2D eigenvalue weighted by molar-refractivity contribution is 7.89. The molecule has 1 aromatic carbocycles. The number of nitrogens with one attached hydrogen (secondary N) is 1. The zero-order chi connectivity index (χ0) is 20.1. The zero-order valence-electron chi connectivity index (χ0n) is 15.6. The highest BCUT2D eigenvalue weighted by Gasteiger charge is 2.31. The monoisotopic (exact) mass is 402 g/mol. The number of para-hydroxylation sites is 1. The number of carbonyl (C=O) groups is 1. The molecule has 0 saturated heterocycles. The maximum atomic E-state index is 13.2. The molecule has 0 bridgehead atoms. The van der Waals surface area contributed by atoms with E-state index in [1.165, 1.54) is 21.3 Å². The molecule has 1 N–H and O–H groups in total. The Balaban J connectivity index is 1.80. The molecule has 148 valence electrons. The fourth-order valence-corrected chi connectivity index (χ4v) is 4.95. The van der Waals surface area contributed by atoms with E-state index in [1.807, 2.05) is 6.07 Å². The van der Waals surface area contributed by atoms with E-state index in [1.54, 1.807) is 25.2 Å². The Kier molecular flexibility index (Phi) is 6.06. The fourth-order valence-electron chi connectivity index (χ4n) is 3.39. The first-order valence-electron chi connectivity index (χ1n) is 9.08. The predicted octanol–water partition coefficient (Wildman–Crippen LogP) is 1.74. The first kappa shape index (κ1) is 20.0. The van der Waals surface area contributed by atoms with E-state index in [9.17, 15) is 13.2 Å². The minimum absolute atomic E-state index is 0.00749. The first-order valence-corrected chi connectivity index (χ1v) is 10.5. The number of hydrogen-bond acceptors (Lipinski definition) is 6. The van der Waals surface area contributed by atoms with Crippen LogP contribution in [0.4, 0.5) is 5.69 Å². The number of nitriles is 1. The molecule has 0 spiro atoms. The van der Waals surface area contributed by atoms with E-state index >= 15 is 0 Å². The molecular formula is C18H22N6O3S. The molecule has 0 aliphatic heterocycles. The number of hydrogen-bond donors (Lipinski definition) is 1. The summed E-state index contributed by atoms with van der Waals surface area (Å²) in [4.78, 5) is 12.4. The van der Waals surface area contributed by atoms with E-state index in [2.05, 4.69) is 15.5 Å². The smallest absolute Gasteiger partial charge is 0.245 e. The van der Waals surface area contributed by atoms with Crippen LogP contribution >= 0.6 is 0 Å². The van der Waals surface area contributed by atoms with Gasteiger partial charge >= 0.3 is 0 Å². The Hall–Kier alpha value is -2.77. The van der Waals surface area contributed by atoms with Crippen molar-refractivity contribution >= 4 is 21.6 Å². The highest BCUT2D eigenvalue weighted by Crippen LogP contribution is 2.29. The molecule has 3 rings (SSSR count). The van der Waals surface area contributed by atoms with Crippen LogP contribution in [0.25, 0.3) is 0 Å². The SMILES string of the molecule is CN(C1CCCCC1)S(=O)(=O)c1ccccc1NC(=O)Cn1cnnc1C#N. The molecule has 1 aromatic heterocycles.